The van der Waals surface area contributed by atoms with E-state index in [9.17, 15) is 4.79 Å². The van der Waals surface area contributed by atoms with Crippen molar-refractivity contribution in [3.63, 3.8) is 0 Å². The van der Waals surface area contributed by atoms with Crippen LogP contribution in [0.25, 0.3) is 0 Å². The first-order chi connectivity index (χ1) is 10.5. The molecular weight excluding hydrogens is 272 g/mol. The van der Waals surface area contributed by atoms with Gasteiger partial charge >= 0.3 is 0 Å². The molecule has 1 amide bonds. The Hall–Kier alpha value is -2.13. The van der Waals surface area contributed by atoms with Gasteiger partial charge in [0.1, 0.15) is 0 Å². The zero-order chi connectivity index (χ0) is 16.1. The number of hydrogen-bond acceptors (Lipinski definition) is 2. The van der Waals surface area contributed by atoms with Gasteiger partial charge in [-0.3, -0.25) is 4.79 Å². The second kappa shape index (κ2) is 7.23. The number of benzene rings is 2. The summed E-state index contributed by atoms with van der Waals surface area (Å²) in [6.07, 6.45) is 0.829. The fourth-order valence-electron chi connectivity index (χ4n) is 2.69. The van der Waals surface area contributed by atoms with Crippen LogP contribution in [0.3, 0.4) is 0 Å². The lowest BCUT2D eigenvalue weighted by Gasteiger charge is -2.15. The number of hydrogen-bond donors (Lipinski definition) is 2. The molecule has 0 fully saturated rings. The molecule has 0 radical (unpaired) electrons. The number of nitrogens with one attached hydrogen (secondary N) is 1. The maximum Gasteiger partial charge on any atom is 0.251 e. The van der Waals surface area contributed by atoms with Crippen LogP contribution in [0, 0.1) is 13.8 Å². The number of amides is 1. The maximum atomic E-state index is 12.2. The molecular formula is C19H24N2O. The van der Waals surface area contributed by atoms with Crippen LogP contribution in [-0.4, -0.2) is 11.9 Å². The lowest BCUT2D eigenvalue weighted by atomic mass is 10.0. The fraction of sp³-hybridized carbons (Fsp3) is 0.316. The summed E-state index contributed by atoms with van der Waals surface area (Å²) in [7, 11) is 0. The SMILES string of the molecule is Cc1cc(C)cc(CC(C)NC(=O)c2ccc(CN)cc2)c1. The zero-order valence-corrected chi connectivity index (χ0v) is 13.5. The number of carbonyl (C=O) groups is 1. The van der Waals surface area contributed by atoms with E-state index in [2.05, 4.69) is 37.4 Å². The molecule has 2 aromatic carbocycles. The highest BCUT2D eigenvalue weighted by atomic mass is 16.1. The van der Waals surface area contributed by atoms with Crippen LogP contribution in [0.4, 0.5) is 0 Å². The van der Waals surface area contributed by atoms with Crippen molar-refractivity contribution in [2.24, 2.45) is 5.73 Å². The van der Waals surface area contributed by atoms with Gasteiger partial charge in [-0.25, -0.2) is 0 Å². The van der Waals surface area contributed by atoms with E-state index < -0.39 is 0 Å². The van der Waals surface area contributed by atoms with E-state index >= 15 is 0 Å². The molecule has 116 valence electrons. The van der Waals surface area contributed by atoms with Crippen LogP contribution in [0.15, 0.2) is 42.5 Å². The Morgan fingerprint density at radius 2 is 1.64 bits per heavy atom. The summed E-state index contributed by atoms with van der Waals surface area (Å²) in [6, 6.07) is 14.0. The van der Waals surface area contributed by atoms with Crippen molar-refractivity contribution in [2.75, 3.05) is 0 Å². The van der Waals surface area contributed by atoms with Gasteiger partial charge in [-0.05, 0) is 50.5 Å². The third-order valence-corrected chi connectivity index (χ3v) is 3.65. The monoisotopic (exact) mass is 296 g/mol. The Kier molecular flexibility index (Phi) is 5.34. The summed E-state index contributed by atoms with van der Waals surface area (Å²) in [5, 5.41) is 3.05. The molecule has 2 rings (SSSR count). The zero-order valence-electron chi connectivity index (χ0n) is 13.5. The Labute approximate surface area is 132 Å². The molecule has 0 aliphatic rings. The van der Waals surface area contributed by atoms with Crippen molar-refractivity contribution < 1.29 is 4.79 Å². The molecule has 2 aromatic rings. The Balaban J connectivity index is 1.98. The average Bonchev–Trinajstić information content (AvgIpc) is 2.46. The topological polar surface area (TPSA) is 55.1 Å². The van der Waals surface area contributed by atoms with Crippen molar-refractivity contribution in [1.29, 1.82) is 0 Å². The summed E-state index contributed by atoms with van der Waals surface area (Å²) >= 11 is 0. The molecule has 0 bridgehead atoms. The molecule has 0 aromatic heterocycles. The van der Waals surface area contributed by atoms with Crippen molar-refractivity contribution in [1.82, 2.24) is 5.32 Å². The van der Waals surface area contributed by atoms with Crippen molar-refractivity contribution in [2.45, 2.75) is 39.8 Å². The third kappa shape index (κ3) is 4.43. The highest BCUT2D eigenvalue weighted by Gasteiger charge is 2.10. The predicted octanol–water partition coefficient (Wildman–Crippen LogP) is 3.12. The standard InChI is InChI=1S/C19H24N2O/c1-13-8-14(2)10-17(9-13)11-15(3)21-19(22)18-6-4-16(12-20)5-7-18/h4-10,15H,11-12,20H2,1-3H3,(H,21,22). The lowest BCUT2D eigenvalue weighted by molar-refractivity contribution is 0.0940. The van der Waals surface area contributed by atoms with Crippen molar-refractivity contribution >= 4 is 5.91 Å². The molecule has 22 heavy (non-hydrogen) atoms. The van der Waals surface area contributed by atoms with Crippen LogP contribution in [0.2, 0.25) is 0 Å². The molecule has 1 unspecified atom stereocenters. The number of carbonyl (C=O) groups excluding carboxylic acids is 1. The number of aryl methyl sites for hydroxylation is 2. The van der Waals surface area contributed by atoms with E-state index in [0.29, 0.717) is 12.1 Å². The largest absolute Gasteiger partial charge is 0.349 e. The lowest BCUT2D eigenvalue weighted by Crippen LogP contribution is -2.34. The van der Waals surface area contributed by atoms with Crippen LogP contribution in [0.5, 0.6) is 0 Å². The molecule has 0 heterocycles. The normalized spacial score (nSPS) is 12.0. The van der Waals surface area contributed by atoms with E-state index in [1.807, 2.05) is 31.2 Å². The number of nitrogens with two attached hydrogens (primary N) is 1. The van der Waals surface area contributed by atoms with E-state index in [-0.39, 0.29) is 11.9 Å². The van der Waals surface area contributed by atoms with Crippen LogP contribution in [0.1, 0.15) is 39.5 Å². The van der Waals surface area contributed by atoms with Gasteiger partial charge in [0, 0.05) is 18.2 Å². The van der Waals surface area contributed by atoms with Crippen LogP contribution < -0.4 is 11.1 Å². The summed E-state index contributed by atoms with van der Waals surface area (Å²) < 4.78 is 0. The average molecular weight is 296 g/mol. The third-order valence-electron chi connectivity index (χ3n) is 3.65. The van der Waals surface area contributed by atoms with Crippen molar-refractivity contribution in [3.8, 4) is 0 Å². The smallest absolute Gasteiger partial charge is 0.251 e. The maximum absolute atomic E-state index is 12.2. The summed E-state index contributed by atoms with van der Waals surface area (Å²) in [4.78, 5) is 12.2. The predicted molar refractivity (Wildman–Crippen MR) is 90.9 cm³/mol. The molecule has 3 nitrogen and oxygen atoms in total. The molecule has 0 saturated heterocycles. The Morgan fingerprint density at radius 3 is 2.18 bits per heavy atom. The van der Waals surface area contributed by atoms with Gasteiger partial charge in [0.15, 0.2) is 0 Å². The molecule has 3 N–H and O–H groups in total. The molecule has 0 aliphatic carbocycles. The van der Waals surface area contributed by atoms with Gasteiger partial charge in [0.2, 0.25) is 0 Å². The molecule has 1 atom stereocenters. The van der Waals surface area contributed by atoms with Crippen LogP contribution >= 0.6 is 0 Å². The summed E-state index contributed by atoms with van der Waals surface area (Å²) in [5.41, 5.74) is 11.0. The minimum absolute atomic E-state index is 0.0413. The van der Waals surface area contributed by atoms with E-state index in [4.69, 9.17) is 5.73 Å². The van der Waals surface area contributed by atoms with E-state index in [1.165, 1.54) is 16.7 Å². The highest BCUT2D eigenvalue weighted by molar-refractivity contribution is 5.94. The summed E-state index contributed by atoms with van der Waals surface area (Å²) in [5.74, 6) is -0.0413. The van der Waals surface area contributed by atoms with Gasteiger partial charge in [-0.15, -0.1) is 0 Å². The van der Waals surface area contributed by atoms with Crippen molar-refractivity contribution in [3.05, 3.63) is 70.3 Å². The minimum atomic E-state index is -0.0413. The highest BCUT2D eigenvalue weighted by Crippen LogP contribution is 2.11. The van der Waals surface area contributed by atoms with Gasteiger partial charge in [-0.1, -0.05) is 41.5 Å². The summed E-state index contributed by atoms with van der Waals surface area (Å²) in [6.45, 7) is 6.71. The van der Waals surface area contributed by atoms with Gasteiger partial charge in [0.25, 0.3) is 5.91 Å². The molecule has 0 spiro atoms. The second-order valence-electron chi connectivity index (χ2n) is 5.98. The van der Waals surface area contributed by atoms with Gasteiger partial charge in [-0.2, -0.15) is 0 Å². The quantitative estimate of drug-likeness (QED) is 0.890. The van der Waals surface area contributed by atoms with Gasteiger partial charge in [0.05, 0.1) is 0 Å². The Bertz CT molecular complexity index is 627. The van der Waals surface area contributed by atoms with E-state index in [0.717, 1.165) is 12.0 Å². The Morgan fingerprint density at radius 1 is 1.05 bits per heavy atom. The van der Waals surface area contributed by atoms with Crippen LogP contribution in [-0.2, 0) is 13.0 Å². The number of rotatable bonds is 5. The fourth-order valence-corrected chi connectivity index (χ4v) is 2.69. The van der Waals surface area contributed by atoms with Gasteiger partial charge < -0.3 is 11.1 Å². The van der Waals surface area contributed by atoms with E-state index in [1.54, 1.807) is 0 Å². The first-order valence-corrected chi connectivity index (χ1v) is 7.65. The first kappa shape index (κ1) is 16.2. The molecule has 0 aliphatic heterocycles. The second-order valence-corrected chi connectivity index (χ2v) is 5.98. The molecule has 0 saturated carbocycles. The minimum Gasteiger partial charge on any atom is -0.349 e. The first-order valence-electron chi connectivity index (χ1n) is 7.65. The molecule has 3 heteroatoms.